The van der Waals surface area contributed by atoms with Crippen molar-refractivity contribution in [2.24, 2.45) is 5.16 Å². The van der Waals surface area contributed by atoms with E-state index in [2.05, 4.69) is 17.3 Å². The van der Waals surface area contributed by atoms with Gasteiger partial charge in [0.25, 0.3) is 0 Å². The molecule has 0 saturated heterocycles. The monoisotopic (exact) mass is 209 g/mol. The van der Waals surface area contributed by atoms with Crippen molar-refractivity contribution in [2.45, 2.75) is 18.8 Å². The summed E-state index contributed by atoms with van der Waals surface area (Å²) in [5.41, 5.74) is 2.41. The number of hydrogen-bond acceptors (Lipinski definition) is 2. The summed E-state index contributed by atoms with van der Waals surface area (Å²) in [5.74, 6) is 0.437. The van der Waals surface area contributed by atoms with Crippen LogP contribution in [0.3, 0.4) is 0 Å². The molecule has 0 bridgehead atoms. The van der Waals surface area contributed by atoms with E-state index >= 15 is 0 Å². The zero-order valence-electron chi connectivity index (χ0n) is 8.03. The highest BCUT2D eigenvalue weighted by Gasteiger charge is 2.28. The fraction of sp³-hybridized carbons (Fsp3) is 0.364. The molecule has 1 aromatic rings. The number of oxime groups is 1. The van der Waals surface area contributed by atoms with Gasteiger partial charge in [0, 0.05) is 10.9 Å². The van der Waals surface area contributed by atoms with Gasteiger partial charge >= 0.3 is 0 Å². The van der Waals surface area contributed by atoms with Crippen LogP contribution in [0.5, 0.6) is 0 Å². The fourth-order valence-electron chi connectivity index (χ4n) is 1.70. The van der Waals surface area contributed by atoms with Gasteiger partial charge in [-0.2, -0.15) is 0 Å². The second-order valence-electron chi connectivity index (χ2n) is 3.41. The zero-order valence-corrected chi connectivity index (χ0v) is 8.79. The fourth-order valence-corrected chi connectivity index (χ4v) is 1.82. The van der Waals surface area contributed by atoms with Crippen LogP contribution in [0, 0.1) is 0 Å². The van der Waals surface area contributed by atoms with Crippen molar-refractivity contribution in [3.05, 3.63) is 34.9 Å². The van der Waals surface area contributed by atoms with Gasteiger partial charge in [0.2, 0.25) is 0 Å². The predicted octanol–water partition coefficient (Wildman–Crippen LogP) is 3.22. The minimum Gasteiger partial charge on any atom is -0.399 e. The first-order valence-corrected chi connectivity index (χ1v) is 5.04. The van der Waals surface area contributed by atoms with Gasteiger partial charge in [-0.15, -0.1) is 0 Å². The number of rotatable bonds is 2. The molecule has 0 heterocycles. The summed E-state index contributed by atoms with van der Waals surface area (Å²) < 4.78 is 0. The zero-order chi connectivity index (χ0) is 9.97. The van der Waals surface area contributed by atoms with Crippen LogP contribution in [0.2, 0.25) is 5.02 Å². The van der Waals surface area contributed by atoms with E-state index in [0.717, 1.165) is 23.6 Å². The third kappa shape index (κ3) is 1.75. The molecule has 1 aliphatic carbocycles. The van der Waals surface area contributed by atoms with Crippen LogP contribution in [0.1, 0.15) is 24.3 Å². The van der Waals surface area contributed by atoms with Crippen LogP contribution < -0.4 is 0 Å². The minimum absolute atomic E-state index is 0.437. The molecule has 1 aromatic carbocycles. The summed E-state index contributed by atoms with van der Waals surface area (Å²) in [7, 11) is 1.59. The molecule has 1 aliphatic rings. The largest absolute Gasteiger partial charge is 0.399 e. The number of halogens is 1. The topological polar surface area (TPSA) is 21.6 Å². The molecule has 0 aromatic heterocycles. The van der Waals surface area contributed by atoms with E-state index in [4.69, 9.17) is 16.4 Å². The molecule has 1 saturated carbocycles. The van der Waals surface area contributed by atoms with E-state index in [1.165, 1.54) is 5.56 Å². The quantitative estimate of drug-likeness (QED) is 0.686. The van der Waals surface area contributed by atoms with Crippen molar-refractivity contribution in [1.82, 2.24) is 0 Å². The Morgan fingerprint density at radius 3 is 2.57 bits per heavy atom. The Labute approximate surface area is 88.5 Å². The number of benzene rings is 1. The molecule has 3 heteroatoms. The molecule has 1 atom stereocenters. The predicted molar refractivity (Wildman–Crippen MR) is 57.9 cm³/mol. The Balaban J connectivity index is 2.16. The molecule has 1 fully saturated rings. The smallest absolute Gasteiger partial charge is 0.106 e. The molecular weight excluding hydrogens is 198 g/mol. The molecule has 0 amide bonds. The summed E-state index contributed by atoms with van der Waals surface area (Å²) in [5, 5.41) is 4.77. The second kappa shape index (κ2) is 4.01. The molecule has 1 unspecified atom stereocenters. The van der Waals surface area contributed by atoms with Crippen molar-refractivity contribution in [3.63, 3.8) is 0 Å². The molecule has 14 heavy (non-hydrogen) atoms. The van der Waals surface area contributed by atoms with Crippen LogP contribution >= 0.6 is 11.6 Å². The highest BCUT2D eigenvalue weighted by molar-refractivity contribution is 6.30. The first kappa shape index (κ1) is 9.53. The van der Waals surface area contributed by atoms with Gasteiger partial charge in [0.15, 0.2) is 0 Å². The Morgan fingerprint density at radius 2 is 2.07 bits per heavy atom. The molecule has 0 radical (unpaired) electrons. The first-order valence-electron chi connectivity index (χ1n) is 4.66. The summed E-state index contributed by atoms with van der Waals surface area (Å²) >= 11 is 5.82. The standard InChI is InChI=1S/C11H12ClNO/c1-14-13-11-7-6-10(11)8-2-4-9(12)5-3-8/h2-5,10H,6-7H2,1H3. The highest BCUT2D eigenvalue weighted by Crippen LogP contribution is 2.34. The van der Waals surface area contributed by atoms with Crippen LogP contribution in [-0.4, -0.2) is 12.8 Å². The maximum absolute atomic E-state index is 5.82. The maximum atomic E-state index is 5.82. The molecule has 74 valence electrons. The Hall–Kier alpha value is -1.02. The number of nitrogens with zero attached hydrogens (tertiary/aromatic N) is 1. The normalized spacial score (nSPS) is 23.3. The minimum atomic E-state index is 0.437. The van der Waals surface area contributed by atoms with Gasteiger partial charge in [-0.3, -0.25) is 0 Å². The Bertz CT molecular complexity index is 345. The van der Waals surface area contributed by atoms with Crippen molar-refractivity contribution in [2.75, 3.05) is 7.11 Å². The molecule has 2 nitrogen and oxygen atoms in total. The Kier molecular flexibility index (Phi) is 2.73. The first-order chi connectivity index (χ1) is 6.81. The van der Waals surface area contributed by atoms with Crippen molar-refractivity contribution < 1.29 is 4.84 Å². The highest BCUT2D eigenvalue weighted by atomic mass is 35.5. The van der Waals surface area contributed by atoms with Gasteiger partial charge in [0.1, 0.15) is 7.11 Å². The third-order valence-electron chi connectivity index (χ3n) is 2.57. The molecule has 0 N–H and O–H groups in total. The average Bonchev–Trinajstić information content (AvgIpc) is 2.16. The maximum Gasteiger partial charge on any atom is 0.106 e. The van der Waals surface area contributed by atoms with Gasteiger partial charge in [0.05, 0.1) is 5.71 Å². The second-order valence-corrected chi connectivity index (χ2v) is 3.84. The van der Waals surface area contributed by atoms with E-state index in [1.807, 2.05) is 12.1 Å². The summed E-state index contributed by atoms with van der Waals surface area (Å²) in [6, 6.07) is 7.94. The lowest BCUT2D eigenvalue weighted by Gasteiger charge is -2.27. The molecule has 0 aliphatic heterocycles. The third-order valence-corrected chi connectivity index (χ3v) is 2.82. The molecule has 2 rings (SSSR count). The number of hydrogen-bond donors (Lipinski definition) is 0. The average molecular weight is 210 g/mol. The van der Waals surface area contributed by atoms with Crippen molar-refractivity contribution >= 4 is 17.3 Å². The van der Waals surface area contributed by atoms with E-state index in [1.54, 1.807) is 7.11 Å². The summed E-state index contributed by atoms with van der Waals surface area (Å²) in [4.78, 5) is 4.78. The van der Waals surface area contributed by atoms with E-state index in [9.17, 15) is 0 Å². The lowest BCUT2D eigenvalue weighted by Crippen LogP contribution is -2.23. The summed E-state index contributed by atoms with van der Waals surface area (Å²) in [6.07, 6.45) is 2.20. The SMILES string of the molecule is CON=C1CCC1c1ccc(Cl)cc1. The van der Waals surface area contributed by atoms with Gasteiger partial charge < -0.3 is 4.84 Å². The van der Waals surface area contributed by atoms with E-state index in [-0.39, 0.29) is 0 Å². The van der Waals surface area contributed by atoms with Gasteiger partial charge in [-0.1, -0.05) is 28.9 Å². The van der Waals surface area contributed by atoms with Crippen LogP contribution in [0.25, 0.3) is 0 Å². The Morgan fingerprint density at radius 1 is 1.36 bits per heavy atom. The summed E-state index contributed by atoms with van der Waals surface area (Å²) in [6.45, 7) is 0. The van der Waals surface area contributed by atoms with Crippen molar-refractivity contribution in [3.8, 4) is 0 Å². The molecule has 0 spiro atoms. The van der Waals surface area contributed by atoms with Crippen LogP contribution in [-0.2, 0) is 4.84 Å². The van der Waals surface area contributed by atoms with Crippen LogP contribution in [0.15, 0.2) is 29.4 Å². The van der Waals surface area contributed by atoms with Crippen LogP contribution in [0.4, 0.5) is 0 Å². The van der Waals surface area contributed by atoms with Crippen molar-refractivity contribution in [1.29, 1.82) is 0 Å². The lowest BCUT2D eigenvalue weighted by atomic mass is 9.78. The molecular formula is C11H12ClNO. The van der Waals surface area contributed by atoms with Gasteiger partial charge in [-0.05, 0) is 30.5 Å². The van der Waals surface area contributed by atoms with E-state index < -0.39 is 0 Å². The lowest BCUT2D eigenvalue weighted by molar-refractivity contribution is 0.208. The van der Waals surface area contributed by atoms with E-state index in [0.29, 0.717) is 5.92 Å². The van der Waals surface area contributed by atoms with Gasteiger partial charge in [-0.25, -0.2) is 0 Å².